The summed E-state index contributed by atoms with van der Waals surface area (Å²) in [6.45, 7) is 23.3. The van der Waals surface area contributed by atoms with E-state index in [9.17, 15) is 24.8 Å². The van der Waals surface area contributed by atoms with Gasteiger partial charge in [0.1, 0.15) is 18.3 Å². The van der Waals surface area contributed by atoms with Crippen LogP contribution in [0.4, 0.5) is 0 Å². The largest absolute Gasteiger partial charge is 0.462 e. The second-order valence-electron chi connectivity index (χ2n) is 17.0. The van der Waals surface area contributed by atoms with Gasteiger partial charge < -0.3 is 24.6 Å². The quantitative estimate of drug-likeness (QED) is 0.108. The summed E-state index contributed by atoms with van der Waals surface area (Å²) in [6, 6.07) is 0. The molecule has 3 fully saturated rings. The van der Waals surface area contributed by atoms with Crippen LogP contribution in [-0.2, 0) is 28.6 Å². The van der Waals surface area contributed by atoms with Gasteiger partial charge in [0.25, 0.3) is 0 Å². The van der Waals surface area contributed by atoms with E-state index in [1.165, 1.54) is 10.1 Å². The van der Waals surface area contributed by atoms with E-state index in [0.717, 1.165) is 0 Å². The summed E-state index contributed by atoms with van der Waals surface area (Å²) in [4.78, 5) is 40.8. The molecule has 12 heteroatoms. The highest BCUT2D eigenvalue weighted by molar-refractivity contribution is 14.1. The first-order chi connectivity index (χ1) is 19.7. The molecular weight excluding hydrogens is 681 g/mol. The number of esters is 3. The summed E-state index contributed by atoms with van der Waals surface area (Å²) in [5, 5.41) is 24.0. The molecule has 3 aliphatic heterocycles. The molecule has 3 heterocycles. The lowest BCUT2D eigenvalue weighted by atomic mass is 9.80. The number of nitrogens with zero attached hydrogens (tertiary/aromatic N) is 3. The molecular formula is C32H56IN3O8. The number of hydroxylamine groups is 4. The van der Waals surface area contributed by atoms with Crippen molar-refractivity contribution in [3.63, 3.8) is 0 Å². The number of halogens is 1. The van der Waals surface area contributed by atoms with Gasteiger partial charge in [-0.3, -0.25) is 14.4 Å². The van der Waals surface area contributed by atoms with Gasteiger partial charge in [0.2, 0.25) is 0 Å². The van der Waals surface area contributed by atoms with Crippen molar-refractivity contribution in [2.24, 2.45) is 5.92 Å². The normalized spacial score (nSPS) is 27.5. The van der Waals surface area contributed by atoms with Gasteiger partial charge >= 0.3 is 17.9 Å². The second-order valence-corrected chi connectivity index (χ2v) is 18.0. The maximum absolute atomic E-state index is 13.7. The van der Waals surface area contributed by atoms with Gasteiger partial charge in [-0.1, -0.05) is 0 Å². The van der Waals surface area contributed by atoms with Gasteiger partial charge in [-0.2, -0.15) is 10.1 Å². The molecule has 0 amide bonds. The molecule has 3 saturated heterocycles. The third-order valence-corrected chi connectivity index (χ3v) is 12.1. The molecule has 0 saturated carbocycles. The average Bonchev–Trinajstić information content (AvgIpc) is 2.81. The lowest BCUT2D eigenvalue weighted by Gasteiger charge is -2.51. The molecule has 0 radical (unpaired) electrons. The van der Waals surface area contributed by atoms with E-state index >= 15 is 0 Å². The lowest BCUT2D eigenvalue weighted by molar-refractivity contribution is -0.261. The number of carbonyl (C=O) groups is 3. The molecule has 0 aromatic rings. The highest BCUT2D eigenvalue weighted by atomic mass is 127. The fourth-order valence-corrected chi connectivity index (χ4v) is 8.32. The number of rotatable bonds is 7. The van der Waals surface area contributed by atoms with Crippen LogP contribution < -0.4 is 0 Å². The zero-order chi connectivity index (χ0) is 33.8. The summed E-state index contributed by atoms with van der Waals surface area (Å²) in [6.07, 6.45) is 0.583. The Labute approximate surface area is 277 Å². The Morgan fingerprint density at radius 3 is 1.18 bits per heavy atom. The third kappa shape index (κ3) is 8.26. The molecule has 0 aromatic carbocycles. The monoisotopic (exact) mass is 737 g/mol. The standard InChI is InChI=1S/C32H56IN3O8/c1-27(2)14-20(15-28(3,4)34(27)33)42-24(37)13-23(25(38)43-21-16-29(5,6)35(40)30(7,8)17-21)26(39)44-22-18-31(9,10)36(41)32(11,12)19-22/h20-23,40-41H,13-19H2,1-12H3. The van der Waals surface area contributed by atoms with Crippen LogP contribution in [-0.4, -0.2) is 93.1 Å². The Kier molecular flexibility index (Phi) is 10.6. The fourth-order valence-electron chi connectivity index (χ4n) is 7.93. The first kappa shape index (κ1) is 37.4. The lowest BCUT2D eigenvalue weighted by Crippen LogP contribution is -2.61. The summed E-state index contributed by atoms with van der Waals surface area (Å²) in [7, 11) is 0. The van der Waals surface area contributed by atoms with Crippen molar-refractivity contribution in [3.05, 3.63) is 0 Å². The van der Waals surface area contributed by atoms with Gasteiger partial charge in [0, 0.05) is 94.6 Å². The van der Waals surface area contributed by atoms with Gasteiger partial charge in [0.15, 0.2) is 5.92 Å². The van der Waals surface area contributed by atoms with Gasteiger partial charge in [0.05, 0.1) is 6.42 Å². The van der Waals surface area contributed by atoms with Crippen LogP contribution >= 0.6 is 22.9 Å². The maximum Gasteiger partial charge on any atom is 0.321 e. The van der Waals surface area contributed by atoms with E-state index in [1.807, 2.05) is 55.4 Å². The molecule has 254 valence electrons. The summed E-state index contributed by atoms with van der Waals surface area (Å²) >= 11 is 2.32. The molecule has 0 aliphatic carbocycles. The summed E-state index contributed by atoms with van der Waals surface area (Å²) in [5.74, 6) is -3.84. The van der Waals surface area contributed by atoms with Crippen LogP contribution in [0.15, 0.2) is 0 Å². The van der Waals surface area contributed by atoms with E-state index in [4.69, 9.17) is 14.2 Å². The molecule has 0 atom stereocenters. The predicted octanol–water partition coefficient (Wildman–Crippen LogP) is 5.82. The van der Waals surface area contributed by atoms with Crippen molar-refractivity contribution in [2.75, 3.05) is 0 Å². The third-order valence-electron chi connectivity index (χ3n) is 9.52. The Bertz CT molecular complexity index is 995. The Morgan fingerprint density at radius 1 is 0.591 bits per heavy atom. The zero-order valence-corrected chi connectivity index (χ0v) is 31.0. The Morgan fingerprint density at radius 2 is 0.864 bits per heavy atom. The minimum Gasteiger partial charge on any atom is -0.462 e. The van der Waals surface area contributed by atoms with Crippen LogP contribution in [0.5, 0.6) is 0 Å². The molecule has 0 unspecified atom stereocenters. The summed E-state index contributed by atoms with van der Waals surface area (Å²) in [5.41, 5.74) is -3.16. The minimum absolute atomic E-state index is 0.229. The van der Waals surface area contributed by atoms with Gasteiger partial charge in [-0.15, -0.1) is 0 Å². The fraction of sp³-hybridized carbons (Fsp3) is 0.906. The zero-order valence-electron chi connectivity index (χ0n) is 28.8. The van der Waals surface area contributed by atoms with Crippen molar-refractivity contribution in [2.45, 2.75) is 180 Å². The average molecular weight is 738 g/mol. The van der Waals surface area contributed by atoms with E-state index in [2.05, 4.69) is 53.7 Å². The molecule has 44 heavy (non-hydrogen) atoms. The topological polar surface area (TPSA) is 129 Å². The molecule has 2 N–H and O–H groups in total. The minimum atomic E-state index is -1.51. The molecule has 0 aromatic heterocycles. The van der Waals surface area contributed by atoms with Gasteiger partial charge in [-0.05, 0) is 83.1 Å². The highest BCUT2D eigenvalue weighted by Crippen LogP contribution is 2.43. The van der Waals surface area contributed by atoms with Crippen molar-refractivity contribution < 1.29 is 39.0 Å². The van der Waals surface area contributed by atoms with E-state index in [1.54, 1.807) is 0 Å². The molecule has 3 rings (SSSR count). The van der Waals surface area contributed by atoms with Gasteiger partial charge in [-0.25, -0.2) is 3.11 Å². The molecule has 3 aliphatic rings. The Balaban J connectivity index is 1.81. The molecule has 0 spiro atoms. The second kappa shape index (κ2) is 12.5. The first-order valence-electron chi connectivity index (χ1n) is 15.8. The van der Waals surface area contributed by atoms with Crippen LogP contribution in [0.1, 0.15) is 128 Å². The van der Waals surface area contributed by atoms with Crippen molar-refractivity contribution >= 4 is 40.8 Å². The number of ether oxygens (including phenoxy) is 3. The van der Waals surface area contributed by atoms with Crippen LogP contribution in [0.25, 0.3) is 0 Å². The maximum atomic E-state index is 13.7. The molecule has 0 bridgehead atoms. The predicted molar refractivity (Wildman–Crippen MR) is 173 cm³/mol. The SMILES string of the molecule is CC1(C)CC(OC(=O)C(CC(=O)OC2CC(C)(C)N(I)C(C)(C)C2)C(=O)OC2CC(C)(C)N(O)C(C)(C)C2)CC(C)(C)N1O. The van der Waals surface area contributed by atoms with E-state index in [0.29, 0.717) is 38.5 Å². The van der Waals surface area contributed by atoms with E-state index in [-0.39, 0.29) is 17.2 Å². The van der Waals surface area contributed by atoms with Crippen LogP contribution in [0.3, 0.4) is 0 Å². The van der Waals surface area contributed by atoms with Crippen LogP contribution in [0, 0.1) is 5.92 Å². The summed E-state index contributed by atoms with van der Waals surface area (Å²) < 4.78 is 20.0. The first-order valence-corrected chi connectivity index (χ1v) is 16.7. The highest BCUT2D eigenvalue weighted by Gasteiger charge is 2.50. The number of hydrogen-bond acceptors (Lipinski definition) is 11. The van der Waals surface area contributed by atoms with Crippen molar-refractivity contribution in [1.29, 1.82) is 0 Å². The number of carbonyl (C=O) groups excluding carboxylic acids is 3. The molecule has 11 nitrogen and oxygen atoms in total. The number of hydrogen-bond donors (Lipinski definition) is 2. The smallest absolute Gasteiger partial charge is 0.321 e. The van der Waals surface area contributed by atoms with E-state index < -0.39 is 64.6 Å². The number of piperidine rings is 3. The van der Waals surface area contributed by atoms with Crippen LogP contribution in [0.2, 0.25) is 0 Å². The Hall–Kier alpha value is -1.06. The van der Waals surface area contributed by atoms with Crippen molar-refractivity contribution in [3.8, 4) is 0 Å². The van der Waals surface area contributed by atoms with Crippen molar-refractivity contribution in [1.82, 2.24) is 13.2 Å².